The molecule has 1 atom stereocenters. The van der Waals surface area contributed by atoms with E-state index in [0.717, 1.165) is 0 Å². The Bertz CT molecular complexity index is 267. The zero-order valence-electron chi connectivity index (χ0n) is 6.00. The van der Waals surface area contributed by atoms with Crippen molar-refractivity contribution < 1.29 is 9.21 Å². The molecule has 0 aliphatic rings. The first-order valence-electron chi connectivity index (χ1n) is 3.16. The van der Waals surface area contributed by atoms with Crippen LogP contribution in [0.25, 0.3) is 0 Å². The Morgan fingerprint density at radius 3 is 2.73 bits per heavy atom. The molecule has 0 aliphatic carbocycles. The highest BCUT2D eigenvalue weighted by Crippen LogP contribution is 2.14. The van der Waals surface area contributed by atoms with Crippen LogP contribution in [-0.2, 0) is 0 Å². The number of rotatable bonds is 2. The summed E-state index contributed by atoms with van der Waals surface area (Å²) in [6.45, 7) is 1.62. The Morgan fingerprint density at radius 2 is 2.36 bits per heavy atom. The van der Waals surface area contributed by atoms with Crippen molar-refractivity contribution in [3.05, 3.63) is 22.6 Å². The van der Waals surface area contributed by atoms with Crippen LogP contribution in [0.3, 0.4) is 0 Å². The lowest BCUT2D eigenvalue weighted by atomic mass is 10.2. The molecule has 1 unspecified atom stereocenters. The van der Waals surface area contributed by atoms with Gasteiger partial charge in [-0.3, -0.25) is 4.79 Å². The van der Waals surface area contributed by atoms with Gasteiger partial charge in [0, 0.05) is 0 Å². The van der Waals surface area contributed by atoms with Crippen molar-refractivity contribution in [2.75, 3.05) is 0 Å². The standard InChI is InChI=1S/C7H8BrNO2/c1-4(9)7(10)5-2-3-6(8)11-5/h2-4H,9H2,1H3. The number of furan rings is 1. The Morgan fingerprint density at radius 1 is 1.73 bits per heavy atom. The van der Waals surface area contributed by atoms with E-state index in [1.807, 2.05) is 0 Å². The molecule has 0 fully saturated rings. The lowest BCUT2D eigenvalue weighted by molar-refractivity contribution is 0.0939. The zero-order chi connectivity index (χ0) is 8.43. The van der Waals surface area contributed by atoms with Crippen LogP contribution in [0, 0.1) is 0 Å². The molecule has 1 aromatic rings. The highest BCUT2D eigenvalue weighted by molar-refractivity contribution is 9.10. The second kappa shape index (κ2) is 3.19. The molecule has 0 amide bonds. The van der Waals surface area contributed by atoms with Gasteiger partial charge >= 0.3 is 0 Å². The molecule has 0 bridgehead atoms. The number of nitrogens with two attached hydrogens (primary N) is 1. The van der Waals surface area contributed by atoms with Crippen molar-refractivity contribution in [3.63, 3.8) is 0 Å². The van der Waals surface area contributed by atoms with Crippen LogP contribution in [0.1, 0.15) is 17.5 Å². The SMILES string of the molecule is CC(N)C(=O)c1ccc(Br)o1. The van der Waals surface area contributed by atoms with E-state index in [9.17, 15) is 4.79 Å². The van der Waals surface area contributed by atoms with Gasteiger partial charge in [0.25, 0.3) is 0 Å². The summed E-state index contributed by atoms with van der Waals surface area (Å²) in [5.74, 6) is 0.113. The fourth-order valence-corrected chi connectivity index (χ4v) is 0.978. The van der Waals surface area contributed by atoms with Gasteiger partial charge in [0.05, 0.1) is 6.04 Å². The molecular formula is C7H8BrNO2. The van der Waals surface area contributed by atoms with E-state index in [2.05, 4.69) is 15.9 Å². The van der Waals surface area contributed by atoms with Gasteiger partial charge in [0.15, 0.2) is 10.4 Å². The summed E-state index contributed by atoms with van der Waals surface area (Å²) >= 11 is 3.09. The van der Waals surface area contributed by atoms with Gasteiger partial charge < -0.3 is 10.2 Å². The first kappa shape index (κ1) is 8.49. The summed E-state index contributed by atoms with van der Waals surface area (Å²) in [6, 6.07) is 2.75. The Labute approximate surface area is 72.7 Å². The van der Waals surface area contributed by atoms with Gasteiger partial charge in [0.1, 0.15) is 0 Å². The Hall–Kier alpha value is -0.610. The third-order valence-electron chi connectivity index (χ3n) is 1.23. The van der Waals surface area contributed by atoms with Crippen LogP contribution >= 0.6 is 15.9 Å². The lowest BCUT2D eigenvalue weighted by Gasteiger charge is -1.98. The minimum Gasteiger partial charge on any atom is -0.446 e. The fourth-order valence-electron chi connectivity index (χ4n) is 0.671. The minimum atomic E-state index is -0.506. The van der Waals surface area contributed by atoms with E-state index in [-0.39, 0.29) is 5.78 Å². The number of halogens is 1. The summed E-state index contributed by atoms with van der Waals surface area (Å²) in [4.78, 5) is 11.1. The van der Waals surface area contributed by atoms with Crippen molar-refractivity contribution in [1.29, 1.82) is 0 Å². The average Bonchev–Trinajstić information content (AvgIpc) is 2.34. The molecule has 60 valence electrons. The largest absolute Gasteiger partial charge is 0.446 e. The first-order valence-corrected chi connectivity index (χ1v) is 3.95. The van der Waals surface area contributed by atoms with Crippen LogP contribution < -0.4 is 5.73 Å². The van der Waals surface area contributed by atoms with Gasteiger partial charge in [-0.1, -0.05) is 0 Å². The molecule has 0 saturated heterocycles. The van der Waals surface area contributed by atoms with E-state index in [1.54, 1.807) is 19.1 Å². The van der Waals surface area contributed by atoms with Crippen molar-refractivity contribution in [3.8, 4) is 0 Å². The van der Waals surface area contributed by atoms with E-state index in [4.69, 9.17) is 10.2 Å². The molecule has 1 rings (SSSR count). The van der Waals surface area contributed by atoms with Crippen molar-refractivity contribution in [2.45, 2.75) is 13.0 Å². The number of hydrogen-bond acceptors (Lipinski definition) is 3. The molecule has 2 N–H and O–H groups in total. The van der Waals surface area contributed by atoms with E-state index in [0.29, 0.717) is 10.4 Å². The smallest absolute Gasteiger partial charge is 0.214 e. The van der Waals surface area contributed by atoms with Crippen molar-refractivity contribution >= 4 is 21.7 Å². The first-order chi connectivity index (χ1) is 5.11. The summed E-state index contributed by atoms with van der Waals surface area (Å²) in [5.41, 5.74) is 5.35. The van der Waals surface area contributed by atoms with Crippen LogP contribution in [0.2, 0.25) is 0 Å². The van der Waals surface area contributed by atoms with Gasteiger partial charge in [-0.05, 0) is 35.0 Å². The number of ketones is 1. The molecule has 3 nitrogen and oxygen atoms in total. The second-order valence-corrected chi connectivity index (χ2v) is 3.04. The number of carbonyl (C=O) groups excluding carboxylic acids is 1. The Kier molecular flexibility index (Phi) is 2.46. The average molecular weight is 218 g/mol. The third kappa shape index (κ3) is 1.91. The molecule has 11 heavy (non-hydrogen) atoms. The number of carbonyl (C=O) groups is 1. The molecule has 1 heterocycles. The molecule has 1 aromatic heterocycles. The van der Waals surface area contributed by atoms with Crippen LogP contribution in [0.4, 0.5) is 0 Å². The monoisotopic (exact) mass is 217 g/mol. The van der Waals surface area contributed by atoms with E-state index in [1.165, 1.54) is 0 Å². The quantitative estimate of drug-likeness (QED) is 0.766. The minimum absolute atomic E-state index is 0.185. The summed E-state index contributed by atoms with van der Waals surface area (Å²) in [6.07, 6.45) is 0. The van der Waals surface area contributed by atoms with Crippen LogP contribution in [0.5, 0.6) is 0 Å². The number of hydrogen-bond donors (Lipinski definition) is 1. The summed E-state index contributed by atoms with van der Waals surface area (Å²) in [7, 11) is 0. The summed E-state index contributed by atoms with van der Waals surface area (Å²) < 4.78 is 5.54. The second-order valence-electron chi connectivity index (χ2n) is 2.26. The highest BCUT2D eigenvalue weighted by Gasteiger charge is 2.13. The van der Waals surface area contributed by atoms with Crippen LogP contribution in [0.15, 0.2) is 21.2 Å². The maximum Gasteiger partial charge on any atom is 0.214 e. The molecule has 0 saturated carbocycles. The lowest BCUT2D eigenvalue weighted by Crippen LogP contribution is -2.26. The predicted octanol–water partition coefficient (Wildman–Crippen LogP) is 1.57. The fraction of sp³-hybridized carbons (Fsp3) is 0.286. The van der Waals surface area contributed by atoms with E-state index >= 15 is 0 Å². The highest BCUT2D eigenvalue weighted by atomic mass is 79.9. The van der Waals surface area contributed by atoms with Gasteiger partial charge in [0.2, 0.25) is 5.78 Å². The molecule has 0 aliphatic heterocycles. The molecule has 0 aromatic carbocycles. The van der Waals surface area contributed by atoms with Crippen molar-refractivity contribution in [1.82, 2.24) is 0 Å². The third-order valence-corrected chi connectivity index (χ3v) is 1.66. The molecular weight excluding hydrogens is 210 g/mol. The van der Waals surface area contributed by atoms with Gasteiger partial charge in [-0.15, -0.1) is 0 Å². The maximum absolute atomic E-state index is 11.1. The molecule has 0 spiro atoms. The topological polar surface area (TPSA) is 56.2 Å². The molecule has 4 heteroatoms. The van der Waals surface area contributed by atoms with Crippen molar-refractivity contribution in [2.24, 2.45) is 5.73 Å². The van der Waals surface area contributed by atoms with Gasteiger partial charge in [-0.25, -0.2) is 0 Å². The predicted molar refractivity (Wildman–Crippen MR) is 44.4 cm³/mol. The Balaban J connectivity index is 2.85. The zero-order valence-corrected chi connectivity index (χ0v) is 7.59. The normalized spacial score (nSPS) is 13.0. The maximum atomic E-state index is 11.1. The van der Waals surface area contributed by atoms with Crippen LogP contribution in [-0.4, -0.2) is 11.8 Å². The van der Waals surface area contributed by atoms with E-state index < -0.39 is 6.04 Å². The number of Topliss-reactive ketones (excluding diaryl/α,β-unsaturated/α-hetero) is 1. The van der Waals surface area contributed by atoms with Gasteiger partial charge in [-0.2, -0.15) is 0 Å². The summed E-state index contributed by atoms with van der Waals surface area (Å²) in [5, 5.41) is 0. The molecule has 0 radical (unpaired) electrons.